The fraction of sp³-hybridized carbons (Fsp3) is 1.00. The van der Waals surface area contributed by atoms with Crippen molar-refractivity contribution in [2.45, 2.75) is 90.6 Å². The summed E-state index contributed by atoms with van der Waals surface area (Å²) in [5.41, 5.74) is 0.515. The van der Waals surface area contributed by atoms with Crippen LogP contribution in [0.5, 0.6) is 0 Å². The van der Waals surface area contributed by atoms with Crippen molar-refractivity contribution in [2.24, 2.45) is 23.2 Å². The predicted octanol–water partition coefficient (Wildman–Crippen LogP) is 4.76. The van der Waals surface area contributed by atoms with E-state index in [0.29, 0.717) is 5.41 Å². The monoisotopic (exact) mass is 263 g/mol. The number of nitrogens with one attached hydrogen (secondary N) is 1. The third-order valence-corrected chi connectivity index (χ3v) is 5.88. The van der Waals surface area contributed by atoms with E-state index in [2.05, 4.69) is 26.1 Å². The van der Waals surface area contributed by atoms with Crippen LogP contribution in [-0.2, 0) is 0 Å². The van der Waals surface area contributed by atoms with Crippen molar-refractivity contribution in [1.82, 2.24) is 5.32 Å². The van der Waals surface area contributed by atoms with Crippen LogP contribution in [0.15, 0.2) is 0 Å². The molecular formula is C18H33N. The van der Waals surface area contributed by atoms with Crippen LogP contribution in [0.4, 0.5) is 0 Å². The highest BCUT2D eigenvalue weighted by Crippen LogP contribution is 2.45. The van der Waals surface area contributed by atoms with Gasteiger partial charge >= 0.3 is 0 Å². The molecule has 0 heterocycles. The van der Waals surface area contributed by atoms with Gasteiger partial charge in [-0.2, -0.15) is 0 Å². The second kappa shape index (κ2) is 5.39. The fourth-order valence-corrected chi connectivity index (χ4v) is 4.17. The zero-order valence-corrected chi connectivity index (χ0v) is 13.3. The molecule has 3 saturated carbocycles. The van der Waals surface area contributed by atoms with Gasteiger partial charge in [-0.25, -0.2) is 0 Å². The van der Waals surface area contributed by atoms with E-state index in [-0.39, 0.29) is 0 Å². The predicted molar refractivity (Wildman–Crippen MR) is 82.2 cm³/mol. The summed E-state index contributed by atoms with van der Waals surface area (Å²) in [6.45, 7) is 7.30. The maximum atomic E-state index is 4.09. The SMILES string of the molecule is CC(C)(C)C1CCCC(NC(C2CC2)C2CC2)CC1. The highest BCUT2D eigenvalue weighted by Gasteiger charge is 2.42. The van der Waals surface area contributed by atoms with Gasteiger partial charge in [0, 0.05) is 12.1 Å². The zero-order chi connectivity index (χ0) is 13.5. The number of rotatable bonds is 4. The summed E-state index contributed by atoms with van der Waals surface area (Å²) in [6.07, 6.45) is 13.2. The largest absolute Gasteiger partial charge is 0.311 e. The Kier molecular flexibility index (Phi) is 3.95. The summed E-state index contributed by atoms with van der Waals surface area (Å²) >= 11 is 0. The second-order valence-electron chi connectivity index (χ2n) is 8.64. The third kappa shape index (κ3) is 3.74. The first-order valence-corrected chi connectivity index (χ1v) is 8.80. The van der Waals surface area contributed by atoms with Gasteiger partial charge < -0.3 is 5.32 Å². The molecule has 1 N–H and O–H groups in total. The number of hydrogen-bond acceptors (Lipinski definition) is 1. The van der Waals surface area contributed by atoms with Crippen LogP contribution in [0.1, 0.15) is 78.6 Å². The summed E-state index contributed by atoms with van der Waals surface area (Å²) in [5.74, 6) is 3.04. The van der Waals surface area contributed by atoms with E-state index in [1.165, 1.54) is 57.8 Å². The molecule has 1 nitrogen and oxygen atoms in total. The van der Waals surface area contributed by atoms with Crippen molar-refractivity contribution in [1.29, 1.82) is 0 Å². The van der Waals surface area contributed by atoms with Crippen molar-refractivity contribution < 1.29 is 0 Å². The van der Waals surface area contributed by atoms with Crippen molar-refractivity contribution in [3.8, 4) is 0 Å². The van der Waals surface area contributed by atoms with E-state index in [0.717, 1.165) is 29.8 Å². The Morgan fingerprint density at radius 2 is 1.42 bits per heavy atom. The van der Waals surface area contributed by atoms with Crippen LogP contribution in [-0.4, -0.2) is 12.1 Å². The van der Waals surface area contributed by atoms with Crippen LogP contribution in [0, 0.1) is 23.2 Å². The molecule has 3 aliphatic rings. The minimum Gasteiger partial charge on any atom is -0.311 e. The summed E-state index contributed by atoms with van der Waals surface area (Å²) in [7, 11) is 0. The third-order valence-electron chi connectivity index (χ3n) is 5.88. The number of hydrogen-bond donors (Lipinski definition) is 1. The summed E-state index contributed by atoms with van der Waals surface area (Å²) in [4.78, 5) is 0. The molecule has 0 aromatic rings. The van der Waals surface area contributed by atoms with E-state index in [1.54, 1.807) is 0 Å². The molecule has 3 aliphatic carbocycles. The van der Waals surface area contributed by atoms with Crippen LogP contribution < -0.4 is 5.32 Å². The van der Waals surface area contributed by atoms with E-state index in [1.807, 2.05) is 0 Å². The van der Waals surface area contributed by atoms with Crippen molar-refractivity contribution in [3.05, 3.63) is 0 Å². The molecule has 0 bridgehead atoms. The van der Waals surface area contributed by atoms with Gasteiger partial charge in [0.25, 0.3) is 0 Å². The maximum absolute atomic E-state index is 4.09. The second-order valence-corrected chi connectivity index (χ2v) is 8.64. The summed E-state index contributed by atoms with van der Waals surface area (Å²) in [5, 5.41) is 4.09. The normalized spacial score (nSPS) is 33.5. The van der Waals surface area contributed by atoms with Gasteiger partial charge in [0.1, 0.15) is 0 Å². The van der Waals surface area contributed by atoms with Crippen LogP contribution in [0.2, 0.25) is 0 Å². The molecule has 0 amide bonds. The first kappa shape index (κ1) is 13.9. The average Bonchev–Trinajstić information content (AvgIpc) is 3.18. The summed E-state index contributed by atoms with van der Waals surface area (Å²) in [6, 6.07) is 1.73. The quantitative estimate of drug-likeness (QED) is 0.721. The molecule has 1 heteroatoms. The zero-order valence-electron chi connectivity index (χ0n) is 13.3. The van der Waals surface area contributed by atoms with Gasteiger partial charge in [-0.15, -0.1) is 0 Å². The van der Waals surface area contributed by atoms with E-state index < -0.39 is 0 Å². The molecular weight excluding hydrogens is 230 g/mol. The molecule has 3 fully saturated rings. The Bertz CT molecular complexity index is 283. The van der Waals surface area contributed by atoms with Gasteiger partial charge in [-0.1, -0.05) is 27.2 Å². The van der Waals surface area contributed by atoms with Crippen LogP contribution in [0.3, 0.4) is 0 Å². The first-order chi connectivity index (χ1) is 9.04. The van der Waals surface area contributed by atoms with Crippen molar-refractivity contribution in [2.75, 3.05) is 0 Å². The van der Waals surface area contributed by atoms with E-state index in [4.69, 9.17) is 0 Å². The van der Waals surface area contributed by atoms with Crippen molar-refractivity contribution in [3.63, 3.8) is 0 Å². The molecule has 0 aliphatic heterocycles. The molecule has 0 spiro atoms. The lowest BCUT2D eigenvalue weighted by Crippen LogP contribution is -2.41. The van der Waals surface area contributed by atoms with Gasteiger partial charge in [0.15, 0.2) is 0 Å². The van der Waals surface area contributed by atoms with Gasteiger partial charge in [0.2, 0.25) is 0 Å². The molecule has 0 radical (unpaired) electrons. The first-order valence-electron chi connectivity index (χ1n) is 8.80. The molecule has 0 aromatic heterocycles. The Morgan fingerprint density at radius 1 is 0.789 bits per heavy atom. The lowest BCUT2D eigenvalue weighted by atomic mass is 9.76. The summed E-state index contributed by atoms with van der Waals surface area (Å²) < 4.78 is 0. The highest BCUT2D eigenvalue weighted by molar-refractivity contribution is 4.98. The minimum atomic E-state index is 0.515. The smallest absolute Gasteiger partial charge is 0.0126 e. The maximum Gasteiger partial charge on any atom is 0.0126 e. The molecule has 0 aromatic carbocycles. The molecule has 2 atom stereocenters. The molecule has 3 rings (SSSR count). The average molecular weight is 263 g/mol. The highest BCUT2D eigenvalue weighted by atomic mass is 15.0. The molecule has 19 heavy (non-hydrogen) atoms. The topological polar surface area (TPSA) is 12.0 Å². The fourth-order valence-electron chi connectivity index (χ4n) is 4.17. The molecule has 110 valence electrons. The standard InChI is InChI=1S/C18H33N/c1-18(2,3)15-5-4-6-16(12-11-15)19-17(13-7-8-13)14-9-10-14/h13-17,19H,4-12H2,1-3H3. The van der Waals surface area contributed by atoms with Gasteiger partial charge in [-0.3, -0.25) is 0 Å². The molecule has 2 unspecified atom stereocenters. The molecule has 0 saturated heterocycles. The Morgan fingerprint density at radius 3 is 1.95 bits per heavy atom. The minimum absolute atomic E-state index is 0.515. The van der Waals surface area contributed by atoms with Gasteiger partial charge in [0.05, 0.1) is 0 Å². The lowest BCUT2D eigenvalue weighted by molar-refractivity contribution is 0.212. The van der Waals surface area contributed by atoms with E-state index in [9.17, 15) is 0 Å². The lowest BCUT2D eigenvalue weighted by Gasteiger charge is -2.30. The Hall–Kier alpha value is -0.0400. The van der Waals surface area contributed by atoms with Crippen molar-refractivity contribution >= 4 is 0 Å². The Balaban J connectivity index is 1.51. The van der Waals surface area contributed by atoms with E-state index >= 15 is 0 Å². The Labute approximate surface area is 119 Å². The van der Waals surface area contributed by atoms with Crippen LogP contribution >= 0.6 is 0 Å². The van der Waals surface area contributed by atoms with Gasteiger partial charge in [-0.05, 0) is 74.5 Å². The van der Waals surface area contributed by atoms with Crippen LogP contribution in [0.25, 0.3) is 0 Å².